The third kappa shape index (κ3) is 8.41. The molecule has 0 aliphatic heterocycles. The molecule has 0 heterocycles. The Morgan fingerprint density at radius 3 is 2.60 bits per heavy atom. The lowest BCUT2D eigenvalue weighted by Crippen LogP contribution is -2.25. The summed E-state index contributed by atoms with van der Waals surface area (Å²) in [5.41, 5.74) is 0. The van der Waals surface area contributed by atoms with Gasteiger partial charge in [0.2, 0.25) is 10.0 Å². The van der Waals surface area contributed by atoms with Gasteiger partial charge >= 0.3 is 0 Å². The lowest BCUT2D eigenvalue weighted by Gasteiger charge is -2.05. The van der Waals surface area contributed by atoms with E-state index in [0.29, 0.717) is 26.1 Å². The molecule has 0 aromatic rings. The van der Waals surface area contributed by atoms with Gasteiger partial charge in [-0.3, -0.25) is 0 Å². The van der Waals surface area contributed by atoms with Crippen LogP contribution in [0.15, 0.2) is 12.3 Å². The molecule has 2 N–H and O–H groups in total. The largest absolute Gasteiger partial charge is 0.499 e. The van der Waals surface area contributed by atoms with Crippen LogP contribution < -0.4 is 5.14 Å². The van der Waals surface area contributed by atoms with Crippen molar-refractivity contribution in [3.63, 3.8) is 0 Å². The van der Waals surface area contributed by atoms with Gasteiger partial charge in [-0.05, 0) is 25.8 Å². The van der Waals surface area contributed by atoms with Crippen molar-refractivity contribution in [1.29, 1.82) is 0 Å². The molecule has 0 bridgehead atoms. The molecule has 0 amide bonds. The summed E-state index contributed by atoms with van der Waals surface area (Å²) < 4.78 is 31.5. The maximum absolute atomic E-state index is 10.8. The fourth-order valence-electron chi connectivity index (χ4n) is 0.831. The third-order valence-electron chi connectivity index (χ3n) is 1.90. The van der Waals surface area contributed by atoms with E-state index < -0.39 is 15.3 Å². The predicted octanol–water partition coefficient (Wildman–Crippen LogP) is 0.620. The quantitative estimate of drug-likeness (QED) is 0.496. The monoisotopic (exact) mass is 237 g/mol. The van der Waals surface area contributed by atoms with E-state index in [1.165, 1.54) is 0 Å². The molecular formula is C9H19NO4S. The Balaban J connectivity index is 3.53. The van der Waals surface area contributed by atoms with Gasteiger partial charge in [0, 0.05) is 7.11 Å². The van der Waals surface area contributed by atoms with Gasteiger partial charge in [-0.15, -0.1) is 0 Å². The first-order chi connectivity index (χ1) is 6.98. The Labute approximate surface area is 91.3 Å². The zero-order chi connectivity index (χ0) is 11.7. The first kappa shape index (κ1) is 14.4. The fourth-order valence-corrected chi connectivity index (χ4v) is 1.30. The summed E-state index contributed by atoms with van der Waals surface area (Å²) in [6.45, 7) is 2.63. The Morgan fingerprint density at radius 2 is 2.07 bits per heavy atom. The highest BCUT2D eigenvalue weighted by molar-refractivity contribution is 7.89. The molecule has 0 aromatic heterocycles. The van der Waals surface area contributed by atoms with E-state index >= 15 is 0 Å². The Kier molecular flexibility index (Phi) is 7.37. The number of hydrogen-bond acceptors (Lipinski definition) is 4. The van der Waals surface area contributed by atoms with Crippen LogP contribution in [0.25, 0.3) is 0 Å². The van der Waals surface area contributed by atoms with E-state index in [2.05, 4.69) is 0 Å². The summed E-state index contributed by atoms with van der Waals surface area (Å²) >= 11 is 0. The van der Waals surface area contributed by atoms with Crippen molar-refractivity contribution in [3.8, 4) is 0 Å². The van der Waals surface area contributed by atoms with Gasteiger partial charge in [0.1, 0.15) is 6.61 Å². The number of methoxy groups -OCH3 is 1. The maximum atomic E-state index is 10.8. The van der Waals surface area contributed by atoms with Crippen LogP contribution in [0.3, 0.4) is 0 Å². The molecule has 1 atom stereocenters. The number of rotatable bonds is 8. The van der Waals surface area contributed by atoms with Crippen molar-refractivity contribution in [1.82, 2.24) is 0 Å². The molecule has 0 spiro atoms. The minimum atomic E-state index is -3.40. The molecule has 0 aromatic carbocycles. The van der Waals surface area contributed by atoms with Gasteiger partial charge < -0.3 is 9.47 Å². The number of nitrogens with two attached hydrogens (primary N) is 1. The molecule has 0 saturated carbocycles. The third-order valence-corrected chi connectivity index (χ3v) is 3.26. The lowest BCUT2D eigenvalue weighted by molar-refractivity contribution is 0.123. The average molecular weight is 237 g/mol. The standard InChI is InChI=1S/C9H19NO4S/c1-9(15(10,11)12)5-3-4-6-14-8-7-13-2/h4,6,9H,3,5,7-8H2,1-2H3,(H2,10,11,12)/t9-/m0/s1. The van der Waals surface area contributed by atoms with Gasteiger partial charge in [-0.1, -0.05) is 0 Å². The van der Waals surface area contributed by atoms with Crippen LogP contribution in [0.5, 0.6) is 0 Å². The molecule has 0 unspecified atom stereocenters. The van der Waals surface area contributed by atoms with Gasteiger partial charge in [-0.2, -0.15) is 0 Å². The second-order valence-corrected chi connectivity index (χ2v) is 5.20. The van der Waals surface area contributed by atoms with Crippen molar-refractivity contribution in [2.24, 2.45) is 5.14 Å². The Hall–Kier alpha value is -0.590. The molecule has 6 heteroatoms. The molecule has 0 radical (unpaired) electrons. The van der Waals surface area contributed by atoms with E-state index in [0.717, 1.165) is 0 Å². The molecule has 0 rings (SSSR count). The van der Waals surface area contributed by atoms with Crippen LogP contribution in [0.1, 0.15) is 19.8 Å². The summed E-state index contributed by atoms with van der Waals surface area (Å²) in [4.78, 5) is 0. The first-order valence-electron chi connectivity index (χ1n) is 4.75. The predicted molar refractivity (Wildman–Crippen MR) is 58.8 cm³/mol. The molecule has 0 aliphatic carbocycles. The Bertz CT molecular complexity index is 274. The Morgan fingerprint density at radius 1 is 1.40 bits per heavy atom. The number of allylic oxidation sites excluding steroid dienone is 1. The molecule has 0 aliphatic rings. The molecule has 15 heavy (non-hydrogen) atoms. The number of hydrogen-bond donors (Lipinski definition) is 1. The summed E-state index contributed by atoms with van der Waals surface area (Å²) in [5, 5.41) is 4.45. The van der Waals surface area contributed by atoms with Crippen LogP contribution in [-0.4, -0.2) is 34.0 Å². The SMILES string of the molecule is COCCOC=CCC[C@H](C)S(N)(=O)=O. The van der Waals surface area contributed by atoms with Crippen molar-refractivity contribution < 1.29 is 17.9 Å². The maximum Gasteiger partial charge on any atom is 0.211 e. The highest BCUT2D eigenvalue weighted by atomic mass is 32.2. The fraction of sp³-hybridized carbons (Fsp3) is 0.778. The zero-order valence-electron chi connectivity index (χ0n) is 9.18. The molecular weight excluding hydrogens is 218 g/mol. The minimum absolute atomic E-state index is 0.498. The lowest BCUT2D eigenvalue weighted by atomic mass is 10.2. The van der Waals surface area contributed by atoms with Gasteiger partial charge in [-0.25, -0.2) is 13.6 Å². The van der Waals surface area contributed by atoms with Gasteiger partial charge in [0.25, 0.3) is 0 Å². The number of sulfonamides is 1. The van der Waals surface area contributed by atoms with Crippen LogP contribution in [0.4, 0.5) is 0 Å². The van der Waals surface area contributed by atoms with E-state index in [4.69, 9.17) is 14.6 Å². The van der Waals surface area contributed by atoms with Gasteiger partial charge in [0.15, 0.2) is 0 Å². The summed E-state index contributed by atoms with van der Waals surface area (Å²) in [5.74, 6) is 0. The minimum Gasteiger partial charge on any atom is -0.499 e. The van der Waals surface area contributed by atoms with E-state index in [1.54, 1.807) is 26.4 Å². The first-order valence-corrected chi connectivity index (χ1v) is 6.36. The topological polar surface area (TPSA) is 78.6 Å². The number of primary sulfonamides is 1. The van der Waals surface area contributed by atoms with Crippen molar-refractivity contribution in [2.75, 3.05) is 20.3 Å². The second kappa shape index (κ2) is 7.67. The van der Waals surface area contributed by atoms with E-state index in [1.807, 2.05) is 0 Å². The van der Waals surface area contributed by atoms with E-state index in [9.17, 15) is 8.42 Å². The van der Waals surface area contributed by atoms with Crippen molar-refractivity contribution in [3.05, 3.63) is 12.3 Å². The zero-order valence-corrected chi connectivity index (χ0v) is 10.00. The smallest absolute Gasteiger partial charge is 0.211 e. The van der Waals surface area contributed by atoms with Gasteiger partial charge in [0.05, 0.1) is 18.1 Å². The van der Waals surface area contributed by atoms with Crippen molar-refractivity contribution in [2.45, 2.75) is 25.0 Å². The number of ether oxygens (including phenoxy) is 2. The summed E-state index contributed by atoms with van der Waals surface area (Å²) in [6.07, 6.45) is 4.46. The van der Waals surface area contributed by atoms with Crippen LogP contribution >= 0.6 is 0 Å². The van der Waals surface area contributed by atoms with Crippen LogP contribution in [-0.2, 0) is 19.5 Å². The molecule has 0 saturated heterocycles. The summed E-state index contributed by atoms with van der Waals surface area (Å²) in [7, 11) is -1.80. The highest BCUT2D eigenvalue weighted by Crippen LogP contribution is 2.04. The summed E-state index contributed by atoms with van der Waals surface area (Å²) in [6, 6.07) is 0. The average Bonchev–Trinajstić information content (AvgIpc) is 2.14. The highest BCUT2D eigenvalue weighted by Gasteiger charge is 2.13. The molecule has 0 fully saturated rings. The van der Waals surface area contributed by atoms with Crippen molar-refractivity contribution >= 4 is 10.0 Å². The second-order valence-electron chi connectivity index (χ2n) is 3.21. The molecule has 90 valence electrons. The molecule has 5 nitrogen and oxygen atoms in total. The van der Waals surface area contributed by atoms with E-state index in [-0.39, 0.29) is 0 Å². The van der Waals surface area contributed by atoms with Crippen LogP contribution in [0.2, 0.25) is 0 Å². The van der Waals surface area contributed by atoms with Crippen LogP contribution in [0, 0.1) is 0 Å². The normalized spacial score (nSPS) is 14.3.